The Labute approximate surface area is 493 Å². The predicted molar refractivity (Wildman–Crippen MR) is 335 cm³/mol. The molecule has 1 aliphatic rings. The van der Waals surface area contributed by atoms with Crippen molar-refractivity contribution in [2.45, 2.75) is 171 Å². The molecule has 7 heteroatoms. The average molecular weight is 1240 g/mol. The first-order valence-electron chi connectivity index (χ1n) is 28.3. The van der Waals surface area contributed by atoms with Crippen molar-refractivity contribution in [3.05, 3.63) is 191 Å². The average Bonchev–Trinajstić information content (AvgIpc) is 4.08. The number of hydrogen-bond acceptors (Lipinski definition) is 5. The Morgan fingerprint density at radius 2 is 1.01 bits per heavy atom. The van der Waals surface area contributed by atoms with Gasteiger partial charge < -0.3 is 19.1 Å². The molecule has 3 aromatic heterocycles. The first kappa shape index (κ1) is 58.2. The summed E-state index contributed by atoms with van der Waals surface area (Å²) in [7, 11) is 0. The van der Waals surface area contributed by atoms with Crippen LogP contribution in [0.2, 0.25) is 0 Å². The van der Waals surface area contributed by atoms with Gasteiger partial charge in [0.25, 0.3) is 0 Å². The van der Waals surface area contributed by atoms with E-state index in [-0.39, 0.29) is 53.6 Å². The van der Waals surface area contributed by atoms with E-state index in [1.807, 2.05) is 36.7 Å². The summed E-state index contributed by atoms with van der Waals surface area (Å²) < 4.78 is 9.02. The number of para-hydroxylation sites is 1. The van der Waals surface area contributed by atoms with E-state index in [9.17, 15) is 0 Å². The Bertz CT molecular complexity index is 3730. The molecule has 9 aromatic rings. The molecule has 0 bridgehead atoms. The number of aryl methyl sites for hydroxylation is 2. The van der Waals surface area contributed by atoms with Gasteiger partial charge in [0.1, 0.15) is 11.6 Å². The Kier molecular flexibility index (Phi) is 14.9. The Morgan fingerprint density at radius 1 is 0.463 bits per heavy atom. The molecule has 0 amide bonds. The summed E-state index contributed by atoms with van der Waals surface area (Å²) in [4.78, 5) is 14.8. The van der Waals surface area contributed by atoms with Crippen molar-refractivity contribution in [2.24, 2.45) is 0 Å². The monoisotopic (exact) mass is 1240 g/mol. The number of rotatable bonds is 7. The van der Waals surface area contributed by atoms with Crippen molar-refractivity contribution in [1.29, 1.82) is 0 Å². The third kappa shape index (κ3) is 10.9. The van der Waals surface area contributed by atoms with E-state index in [2.05, 4.69) is 263 Å². The third-order valence-electron chi connectivity index (χ3n) is 15.9. The number of aromatic nitrogens is 3. The first-order chi connectivity index (χ1) is 36.8. The van der Waals surface area contributed by atoms with Gasteiger partial charge in [0.2, 0.25) is 0 Å². The van der Waals surface area contributed by atoms with Gasteiger partial charge in [-0.3, -0.25) is 0 Å². The van der Waals surface area contributed by atoms with Crippen LogP contribution in [-0.2, 0) is 53.6 Å². The second kappa shape index (κ2) is 20.5. The van der Waals surface area contributed by atoms with Crippen LogP contribution in [0, 0.1) is 32.6 Å². The van der Waals surface area contributed by atoms with Gasteiger partial charge in [-0.1, -0.05) is 173 Å². The molecule has 0 atom stereocenters. The maximum atomic E-state index is 6.82. The van der Waals surface area contributed by atoms with Crippen LogP contribution in [0.15, 0.2) is 128 Å². The third-order valence-corrected chi connectivity index (χ3v) is 15.9. The topological polar surface area (TPSA) is 46.4 Å². The van der Waals surface area contributed by atoms with Crippen molar-refractivity contribution in [2.75, 3.05) is 9.80 Å². The summed E-state index contributed by atoms with van der Waals surface area (Å²) >= 11 is 0. The first-order valence-corrected chi connectivity index (χ1v) is 28.3. The minimum absolute atomic E-state index is 0. The molecular weight excluding hydrogens is 1160 g/mol. The van der Waals surface area contributed by atoms with Crippen molar-refractivity contribution in [3.8, 4) is 39.6 Å². The molecule has 10 rings (SSSR count). The van der Waals surface area contributed by atoms with Crippen molar-refractivity contribution in [1.82, 2.24) is 14.5 Å². The van der Waals surface area contributed by atoms with Crippen LogP contribution < -0.4 is 14.5 Å². The van der Waals surface area contributed by atoms with E-state index < -0.39 is 0 Å². The second-order valence-electron chi connectivity index (χ2n) is 28.4. The molecule has 4 heterocycles. The predicted octanol–water partition coefficient (Wildman–Crippen LogP) is 20.1. The molecule has 0 unspecified atom stereocenters. The molecule has 0 spiro atoms. The molecule has 0 saturated carbocycles. The summed E-state index contributed by atoms with van der Waals surface area (Å²) in [5.74, 6) is 2.85. The maximum Gasteiger partial charge on any atom is 0.135 e. The van der Waals surface area contributed by atoms with Crippen LogP contribution in [0.3, 0.4) is 0 Å². The van der Waals surface area contributed by atoms with Crippen molar-refractivity contribution < 1.29 is 25.8 Å². The van der Waals surface area contributed by atoms with Crippen LogP contribution in [-0.4, -0.2) is 14.5 Å². The summed E-state index contributed by atoms with van der Waals surface area (Å²) in [6.45, 7) is 48.7. The SMILES string of the molecule is Cc1cc(C(C)(C)C)cc(C(C)(C)C)c1-c1cc(C(C)(C)C)cc(-c2c(C)cc(C(C)(C)C)cc2C(C)(C)C)c1N1[CH-]N(c2[c-]c(Oc3[c-]c4c(cc3)c3ccccc3n4-c3cc(C(C)(C)C)ccn3)ccc2)c2cccnc21.[Pt]. The van der Waals surface area contributed by atoms with E-state index >= 15 is 0 Å². The van der Waals surface area contributed by atoms with E-state index in [0.717, 1.165) is 50.5 Å². The molecule has 0 N–H and O–H groups in total. The number of nitrogens with zero attached hydrogens (tertiary/aromatic N) is 5. The van der Waals surface area contributed by atoms with Gasteiger partial charge in [-0.05, 0) is 150 Å². The van der Waals surface area contributed by atoms with Crippen molar-refractivity contribution in [3.63, 3.8) is 0 Å². The molecule has 6 nitrogen and oxygen atoms in total. The zero-order valence-corrected chi connectivity index (χ0v) is 53.4. The van der Waals surface area contributed by atoms with E-state index in [1.54, 1.807) is 0 Å². The van der Waals surface area contributed by atoms with Gasteiger partial charge in [0.05, 0.1) is 5.69 Å². The minimum atomic E-state index is -0.184. The fourth-order valence-corrected chi connectivity index (χ4v) is 11.3. The minimum Gasteiger partial charge on any atom is -0.509 e. The number of anilines is 4. The zero-order chi connectivity index (χ0) is 57.1. The number of hydrogen-bond donors (Lipinski definition) is 0. The summed E-state index contributed by atoms with van der Waals surface area (Å²) in [5.41, 5.74) is 19.4. The summed E-state index contributed by atoms with van der Waals surface area (Å²) in [6, 6.07) is 49.5. The molecular formula is C73H82N5OPt-3. The molecule has 80 heavy (non-hydrogen) atoms. The van der Waals surface area contributed by atoms with Gasteiger partial charge in [0.15, 0.2) is 0 Å². The number of benzene rings is 6. The van der Waals surface area contributed by atoms with E-state index in [0.29, 0.717) is 11.5 Å². The molecule has 0 fully saturated rings. The Morgan fingerprint density at radius 3 is 1.57 bits per heavy atom. The van der Waals surface area contributed by atoms with Gasteiger partial charge >= 0.3 is 0 Å². The van der Waals surface area contributed by atoms with Crippen LogP contribution in [0.1, 0.15) is 169 Å². The summed E-state index contributed by atoms with van der Waals surface area (Å²) in [5, 5.41) is 2.22. The van der Waals surface area contributed by atoms with E-state index in [1.165, 1.54) is 66.8 Å². The van der Waals surface area contributed by atoms with Crippen molar-refractivity contribution >= 4 is 44.7 Å². The molecule has 418 valence electrons. The second-order valence-corrected chi connectivity index (χ2v) is 28.4. The number of fused-ring (bicyclic) bond motifs is 4. The maximum absolute atomic E-state index is 6.82. The molecule has 0 radical (unpaired) electrons. The van der Waals surface area contributed by atoms with Gasteiger partial charge in [-0.15, -0.1) is 48.1 Å². The van der Waals surface area contributed by atoms with Gasteiger partial charge in [0, 0.05) is 67.3 Å². The zero-order valence-electron chi connectivity index (χ0n) is 51.2. The van der Waals surface area contributed by atoms with E-state index in [4.69, 9.17) is 14.7 Å². The molecule has 0 aliphatic carbocycles. The van der Waals surface area contributed by atoms with Gasteiger partial charge in [-0.25, -0.2) is 9.97 Å². The quantitative estimate of drug-likeness (QED) is 0.149. The number of ether oxygens (including phenoxy) is 1. The Hall–Kier alpha value is -6.49. The van der Waals surface area contributed by atoms with Crippen LogP contribution >= 0.6 is 0 Å². The normalized spacial score (nSPS) is 13.6. The smallest absolute Gasteiger partial charge is 0.135 e. The van der Waals surface area contributed by atoms with Crippen LogP contribution in [0.4, 0.5) is 22.9 Å². The van der Waals surface area contributed by atoms with Crippen LogP contribution in [0.5, 0.6) is 11.5 Å². The largest absolute Gasteiger partial charge is 0.509 e. The summed E-state index contributed by atoms with van der Waals surface area (Å²) in [6.07, 6.45) is 3.83. The fraction of sp³-hybridized carbons (Fsp3) is 0.356. The molecule has 1 aliphatic heterocycles. The Balaban J connectivity index is 0.00000774. The molecule has 6 aromatic carbocycles. The van der Waals surface area contributed by atoms with Gasteiger partial charge in [-0.2, -0.15) is 12.1 Å². The molecule has 0 saturated heterocycles. The van der Waals surface area contributed by atoms with Crippen LogP contribution in [0.25, 0.3) is 49.9 Å². The fourth-order valence-electron chi connectivity index (χ4n) is 11.3. The number of pyridine rings is 2. The standard InChI is InChI=1S/C73H82N5O.Pt/c1-45-35-48(69(6,7)8)39-58(72(15,16)17)64(45)56-37-50(71(12,13)14)38-57(65-46(2)36-49(70(9,10)11)40-59(65)73(18,19)20)66(56)77-44-76(61-29-24-33-75-67(61)77)51-25-23-26-52(42-51)79-53-30-31-55-54-27-21-22-28-60(54)78(62(55)43-53)63-41-47(32-34-74-63)68(3,4)5;/h21-41,44H,1-20H3;/q-3;.